The molecule has 2 heterocycles. The summed E-state index contributed by atoms with van der Waals surface area (Å²) < 4.78 is 0. The molecule has 0 aliphatic carbocycles. The van der Waals surface area contributed by atoms with E-state index in [4.69, 9.17) is 0 Å². The number of fused-ring (bicyclic) bond motifs is 2. The molecule has 1 saturated heterocycles. The smallest absolute Gasteiger partial charge is 0.256 e. The number of rotatable bonds is 2. The number of amides is 2. The second kappa shape index (κ2) is 6.18. The van der Waals surface area contributed by atoms with Crippen molar-refractivity contribution in [3.63, 3.8) is 0 Å². The van der Waals surface area contributed by atoms with E-state index in [1.165, 1.54) is 4.90 Å². The molecule has 5 nitrogen and oxygen atoms in total. The number of aliphatic hydroxyl groups is 1. The summed E-state index contributed by atoms with van der Waals surface area (Å²) in [7, 11) is 0. The van der Waals surface area contributed by atoms with Gasteiger partial charge in [0.2, 0.25) is 5.91 Å². The molecule has 5 heteroatoms. The zero-order chi connectivity index (χ0) is 17.4. The molecule has 2 aromatic carbocycles. The molecule has 2 atom stereocenters. The molecule has 0 aromatic heterocycles. The van der Waals surface area contributed by atoms with Crippen molar-refractivity contribution in [2.45, 2.75) is 18.6 Å². The molecule has 0 unspecified atom stereocenters. The molecule has 0 bridgehead atoms. The number of anilines is 1. The Balaban J connectivity index is 1.67. The van der Waals surface area contributed by atoms with Gasteiger partial charge < -0.3 is 15.3 Å². The lowest BCUT2D eigenvalue weighted by atomic mass is 10.1. The van der Waals surface area contributed by atoms with Gasteiger partial charge in [-0.05, 0) is 23.3 Å². The van der Waals surface area contributed by atoms with E-state index < -0.39 is 12.1 Å². The van der Waals surface area contributed by atoms with E-state index in [1.807, 2.05) is 48.6 Å². The zero-order valence-corrected chi connectivity index (χ0v) is 13.6. The third-order valence-corrected chi connectivity index (χ3v) is 4.64. The van der Waals surface area contributed by atoms with Crippen LogP contribution in [-0.2, 0) is 4.79 Å². The Labute approximate surface area is 145 Å². The van der Waals surface area contributed by atoms with Crippen LogP contribution in [0.1, 0.15) is 27.9 Å². The van der Waals surface area contributed by atoms with Crippen molar-refractivity contribution in [2.75, 3.05) is 11.9 Å². The normalized spacial score (nSPS) is 22.5. The first kappa shape index (κ1) is 15.6. The van der Waals surface area contributed by atoms with E-state index in [2.05, 4.69) is 5.32 Å². The lowest BCUT2D eigenvalue weighted by Gasteiger charge is -2.19. The Kier molecular flexibility index (Phi) is 3.86. The summed E-state index contributed by atoms with van der Waals surface area (Å²) in [5.41, 5.74) is 2.93. The number of hydrogen-bond donors (Lipinski definition) is 2. The van der Waals surface area contributed by atoms with Crippen LogP contribution in [-0.4, -0.2) is 40.5 Å². The fourth-order valence-electron chi connectivity index (χ4n) is 3.37. The molecule has 0 radical (unpaired) electrons. The van der Waals surface area contributed by atoms with Crippen molar-refractivity contribution < 1.29 is 14.7 Å². The molecule has 2 aliphatic heterocycles. The van der Waals surface area contributed by atoms with Crippen LogP contribution in [0, 0.1) is 0 Å². The standard InChI is InChI=1S/C20H18N2O3/c23-15-11-18-19(24)21-17-9-8-14(7-6-13-4-2-1-3-5-13)10-16(17)20(25)22(18)12-15/h1-10,15,18,23H,11-12H2,(H,21,24)/t15-,18+/m1/s1. The molecular formula is C20H18N2O3. The maximum absolute atomic E-state index is 12.8. The molecule has 1 fully saturated rings. The van der Waals surface area contributed by atoms with Gasteiger partial charge in [-0.1, -0.05) is 48.6 Å². The topological polar surface area (TPSA) is 69.6 Å². The van der Waals surface area contributed by atoms with E-state index in [0.29, 0.717) is 11.3 Å². The Bertz CT molecular complexity index is 860. The molecule has 0 saturated carbocycles. The van der Waals surface area contributed by atoms with E-state index in [0.717, 1.165) is 11.1 Å². The summed E-state index contributed by atoms with van der Waals surface area (Å²) in [5.74, 6) is -0.457. The number of nitrogens with zero attached hydrogens (tertiary/aromatic N) is 1. The van der Waals surface area contributed by atoms with Crippen LogP contribution >= 0.6 is 0 Å². The summed E-state index contributed by atoms with van der Waals surface area (Å²) >= 11 is 0. The predicted octanol–water partition coefficient (Wildman–Crippen LogP) is 2.38. The Morgan fingerprint density at radius 1 is 1.04 bits per heavy atom. The third-order valence-electron chi connectivity index (χ3n) is 4.64. The average molecular weight is 334 g/mol. The minimum atomic E-state index is -0.651. The van der Waals surface area contributed by atoms with Gasteiger partial charge in [-0.2, -0.15) is 0 Å². The molecule has 2 N–H and O–H groups in total. The highest BCUT2D eigenvalue weighted by atomic mass is 16.3. The number of carbonyl (C=O) groups excluding carboxylic acids is 2. The zero-order valence-electron chi connectivity index (χ0n) is 13.6. The third kappa shape index (κ3) is 2.94. The molecule has 2 aliphatic rings. The number of carbonyl (C=O) groups is 2. The van der Waals surface area contributed by atoms with E-state index in [1.54, 1.807) is 12.1 Å². The molecular weight excluding hydrogens is 316 g/mol. The minimum Gasteiger partial charge on any atom is -0.391 e. The highest BCUT2D eigenvalue weighted by Crippen LogP contribution is 2.30. The van der Waals surface area contributed by atoms with E-state index in [9.17, 15) is 14.7 Å². The van der Waals surface area contributed by atoms with Gasteiger partial charge in [0.25, 0.3) is 5.91 Å². The second-order valence-corrected chi connectivity index (χ2v) is 6.40. The average Bonchev–Trinajstić information content (AvgIpc) is 2.99. The molecule has 25 heavy (non-hydrogen) atoms. The Morgan fingerprint density at radius 2 is 1.80 bits per heavy atom. The summed E-state index contributed by atoms with van der Waals surface area (Å²) in [6.45, 7) is 0.195. The maximum Gasteiger partial charge on any atom is 0.256 e. The van der Waals surface area contributed by atoms with Gasteiger partial charge in [-0.25, -0.2) is 0 Å². The summed E-state index contributed by atoms with van der Waals surface area (Å²) in [5, 5.41) is 12.6. The molecule has 4 rings (SSSR count). The van der Waals surface area contributed by atoms with Crippen LogP contribution in [0.15, 0.2) is 48.5 Å². The minimum absolute atomic E-state index is 0.195. The SMILES string of the molecule is O=C1Nc2ccc(C=Cc3ccccc3)cc2C(=O)N2C[C@H](O)C[C@@H]12. The molecule has 2 aromatic rings. The number of benzene rings is 2. The summed E-state index contributed by atoms with van der Waals surface area (Å²) in [4.78, 5) is 26.6. The monoisotopic (exact) mass is 334 g/mol. The lowest BCUT2D eigenvalue weighted by molar-refractivity contribution is -0.119. The van der Waals surface area contributed by atoms with Crippen molar-refractivity contribution >= 4 is 29.7 Å². The van der Waals surface area contributed by atoms with Gasteiger partial charge in [0.15, 0.2) is 0 Å². The van der Waals surface area contributed by atoms with Crippen LogP contribution in [0.5, 0.6) is 0 Å². The number of aliphatic hydroxyl groups excluding tert-OH is 1. The van der Waals surface area contributed by atoms with Gasteiger partial charge in [-0.3, -0.25) is 9.59 Å². The Hall–Kier alpha value is -2.92. The van der Waals surface area contributed by atoms with Crippen LogP contribution in [0.2, 0.25) is 0 Å². The fourth-order valence-corrected chi connectivity index (χ4v) is 3.37. The number of nitrogens with one attached hydrogen (secondary N) is 1. The van der Waals surface area contributed by atoms with Crippen molar-refractivity contribution in [1.82, 2.24) is 4.90 Å². The largest absolute Gasteiger partial charge is 0.391 e. The van der Waals surface area contributed by atoms with Gasteiger partial charge >= 0.3 is 0 Å². The van der Waals surface area contributed by atoms with Crippen LogP contribution in [0.4, 0.5) is 5.69 Å². The Morgan fingerprint density at radius 3 is 2.60 bits per heavy atom. The van der Waals surface area contributed by atoms with Gasteiger partial charge in [0, 0.05) is 13.0 Å². The molecule has 0 spiro atoms. The van der Waals surface area contributed by atoms with Gasteiger partial charge in [0.1, 0.15) is 6.04 Å². The maximum atomic E-state index is 12.8. The lowest BCUT2D eigenvalue weighted by Crippen LogP contribution is -2.40. The van der Waals surface area contributed by atoms with Crippen molar-refractivity contribution in [1.29, 1.82) is 0 Å². The van der Waals surface area contributed by atoms with Crippen molar-refractivity contribution in [2.24, 2.45) is 0 Å². The summed E-state index contributed by atoms with van der Waals surface area (Å²) in [6.07, 6.45) is 3.55. The highest BCUT2D eigenvalue weighted by Gasteiger charge is 2.42. The second-order valence-electron chi connectivity index (χ2n) is 6.40. The van der Waals surface area contributed by atoms with E-state index in [-0.39, 0.29) is 24.8 Å². The van der Waals surface area contributed by atoms with Crippen molar-refractivity contribution in [3.8, 4) is 0 Å². The highest BCUT2D eigenvalue weighted by molar-refractivity contribution is 6.10. The van der Waals surface area contributed by atoms with Gasteiger partial charge in [-0.15, -0.1) is 0 Å². The first-order valence-corrected chi connectivity index (χ1v) is 8.29. The summed E-state index contributed by atoms with van der Waals surface area (Å²) in [6, 6.07) is 14.7. The van der Waals surface area contributed by atoms with Crippen molar-refractivity contribution in [3.05, 3.63) is 65.2 Å². The quantitative estimate of drug-likeness (QED) is 0.829. The number of hydrogen-bond acceptors (Lipinski definition) is 3. The fraction of sp³-hybridized carbons (Fsp3) is 0.200. The predicted molar refractivity (Wildman–Crippen MR) is 95.9 cm³/mol. The van der Waals surface area contributed by atoms with Crippen LogP contribution < -0.4 is 5.32 Å². The first-order valence-electron chi connectivity index (χ1n) is 8.29. The van der Waals surface area contributed by atoms with Crippen LogP contribution in [0.3, 0.4) is 0 Å². The first-order chi connectivity index (χ1) is 12.1. The molecule has 126 valence electrons. The molecule has 2 amide bonds. The van der Waals surface area contributed by atoms with Gasteiger partial charge in [0.05, 0.1) is 17.4 Å². The van der Waals surface area contributed by atoms with Crippen LogP contribution in [0.25, 0.3) is 12.2 Å². The van der Waals surface area contributed by atoms with E-state index >= 15 is 0 Å².